The average Bonchev–Trinajstić information content (AvgIpc) is 2.83. The standard InChI is InChI=1S/C14H17N5O.ClH/c20-14(18-9-4-7-15-8-10-18)13-11-19(17-16-13)12-5-2-1-3-6-12;/h1-3,5-6,11,15H,4,7-10H2;1H. The first-order valence-corrected chi connectivity index (χ1v) is 6.82. The second-order valence-corrected chi connectivity index (χ2v) is 4.78. The van der Waals surface area contributed by atoms with Crippen molar-refractivity contribution in [2.75, 3.05) is 26.2 Å². The van der Waals surface area contributed by atoms with Crippen LogP contribution >= 0.6 is 12.4 Å². The van der Waals surface area contributed by atoms with E-state index in [4.69, 9.17) is 0 Å². The van der Waals surface area contributed by atoms with Crippen LogP contribution in [0.3, 0.4) is 0 Å². The third-order valence-electron chi connectivity index (χ3n) is 3.36. The highest BCUT2D eigenvalue weighted by molar-refractivity contribution is 5.92. The Morgan fingerprint density at radius 2 is 1.95 bits per heavy atom. The molecule has 21 heavy (non-hydrogen) atoms. The Bertz CT molecular complexity index is 578. The highest BCUT2D eigenvalue weighted by Crippen LogP contribution is 2.08. The van der Waals surface area contributed by atoms with Gasteiger partial charge in [-0.3, -0.25) is 4.79 Å². The number of hydrogen-bond acceptors (Lipinski definition) is 4. The number of amides is 1. The number of carbonyl (C=O) groups excluding carboxylic acids is 1. The molecule has 0 bridgehead atoms. The summed E-state index contributed by atoms with van der Waals surface area (Å²) in [6.45, 7) is 3.28. The van der Waals surface area contributed by atoms with Gasteiger partial charge >= 0.3 is 0 Å². The van der Waals surface area contributed by atoms with Gasteiger partial charge in [-0.05, 0) is 25.1 Å². The molecule has 1 N–H and O–H groups in total. The van der Waals surface area contributed by atoms with Crippen molar-refractivity contribution in [2.45, 2.75) is 6.42 Å². The maximum Gasteiger partial charge on any atom is 0.276 e. The molecule has 0 unspecified atom stereocenters. The highest BCUT2D eigenvalue weighted by atomic mass is 35.5. The van der Waals surface area contributed by atoms with Gasteiger partial charge in [-0.1, -0.05) is 23.4 Å². The van der Waals surface area contributed by atoms with E-state index >= 15 is 0 Å². The minimum absolute atomic E-state index is 0. The van der Waals surface area contributed by atoms with Crippen LogP contribution in [0.1, 0.15) is 16.9 Å². The Morgan fingerprint density at radius 3 is 2.76 bits per heavy atom. The lowest BCUT2D eigenvalue weighted by molar-refractivity contribution is 0.0760. The van der Waals surface area contributed by atoms with Crippen LogP contribution in [-0.4, -0.2) is 52.0 Å². The molecule has 0 atom stereocenters. The lowest BCUT2D eigenvalue weighted by Crippen LogP contribution is -2.34. The first-order chi connectivity index (χ1) is 9.84. The third-order valence-corrected chi connectivity index (χ3v) is 3.36. The summed E-state index contributed by atoms with van der Waals surface area (Å²) in [5, 5.41) is 11.3. The van der Waals surface area contributed by atoms with E-state index < -0.39 is 0 Å². The largest absolute Gasteiger partial charge is 0.336 e. The van der Waals surface area contributed by atoms with Crippen LogP contribution < -0.4 is 5.32 Å². The number of halogens is 1. The second-order valence-electron chi connectivity index (χ2n) is 4.78. The molecule has 2 heterocycles. The van der Waals surface area contributed by atoms with E-state index in [1.165, 1.54) is 0 Å². The average molecular weight is 308 g/mol. The number of rotatable bonds is 2. The van der Waals surface area contributed by atoms with E-state index in [-0.39, 0.29) is 18.3 Å². The molecule has 0 spiro atoms. The van der Waals surface area contributed by atoms with Crippen molar-refractivity contribution in [3.05, 3.63) is 42.2 Å². The number of hydrogen-bond donors (Lipinski definition) is 1. The number of nitrogens with one attached hydrogen (secondary N) is 1. The van der Waals surface area contributed by atoms with Crippen molar-refractivity contribution in [2.24, 2.45) is 0 Å². The molecular formula is C14H18ClN5O. The number of nitrogens with zero attached hydrogens (tertiary/aromatic N) is 4. The summed E-state index contributed by atoms with van der Waals surface area (Å²) in [5.74, 6) is -0.0455. The Balaban J connectivity index is 0.00000161. The first kappa shape index (κ1) is 15.5. The first-order valence-electron chi connectivity index (χ1n) is 6.82. The summed E-state index contributed by atoms with van der Waals surface area (Å²) in [5.41, 5.74) is 1.30. The molecule has 1 saturated heterocycles. The molecule has 1 aliphatic heterocycles. The van der Waals surface area contributed by atoms with E-state index in [1.54, 1.807) is 10.9 Å². The lowest BCUT2D eigenvalue weighted by Gasteiger charge is -2.17. The van der Waals surface area contributed by atoms with Crippen LogP contribution in [0.5, 0.6) is 0 Å². The fraction of sp³-hybridized carbons (Fsp3) is 0.357. The fourth-order valence-corrected chi connectivity index (χ4v) is 2.28. The summed E-state index contributed by atoms with van der Waals surface area (Å²) < 4.78 is 1.63. The van der Waals surface area contributed by atoms with Gasteiger partial charge in [-0.25, -0.2) is 4.68 Å². The topological polar surface area (TPSA) is 63.1 Å². The normalized spacial score (nSPS) is 15.1. The number of carbonyl (C=O) groups is 1. The maximum absolute atomic E-state index is 12.4. The van der Waals surface area contributed by atoms with E-state index in [0.717, 1.165) is 38.3 Å². The van der Waals surface area contributed by atoms with Crippen molar-refractivity contribution < 1.29 is 4.79 Å². The van der Waals surface area contributed by atoms with E-state index in [0.29, 0.717) is 5.69 Å². The Labute approximate surface area is 129 Å². The van der Waals surface area contributed by atoms with Gasteiger partial charge in [0.2, 0.25) is 0 Å². The van der Waals surface area contributed by atoms with E-state index in [1.807, 2.05) is 35.2 Å². The number of para-hydroxylation sites is 1. The monoisotopic (exact) mass is 307 g/mol. The van der Waals surface area contributed by atoms with Gasteiger partial charge in [0.05, 0.1) is 11.9 Å². The molecule has 1 amide bonds. The van der Waals surface area contributed by atoms with Gasteiger partial charge in [0, 0.05) is 19.6 Å². The predicted octanol–water partition coefficient (Wildman–Crippen LogP) is 1.12. The highest BCUT2D eigenvalue weighted by Gasteiger charge is 2.20. The van der Waals surface area contributed by atoms with Crippen molar-refractivity contribution in [1.82, 2.24) is 25.2 Å². The minimum atomic E-state index is -0.0455. The van der Waals surface area contributed by atoms with E-state index in [2.05, 4.69) is 15.6 Å². The quantitative estimate of drug-likeness (QED) is 0.903. The fourth-order valence-electron chi connectivity index (χ4n) is 2.28. The van der Waals surface area contributed by atoms with Gasteiger partial charge in [0.15, 0.2) is 5.69 Å². The predicted molar refractivity (Wildman–Crippen MR) is 82.0 cm³/mol. The van der Waals surface area contributed by atoms with Crippen LogP contribution in [0.15, 0.2) is 36.5 Å². The summed E-state index contributed by atoms with van der Waals surface area (Å²) in [4.78, 5) is 14.2. The lowest BCUT2D eigenvalue weighted by atomic mass is 10.3. The molecule has 7 heteroatoms. The summed E-state index contributed by atoms with van der Waals surface area (Å²) in [6.07, 6.45) is 2.66. The zero-order chi connectivity index (χ0) is 13.8. The molecule has 0 saturated carbocycles. The van der Waals surface area contributed by atoms with Gasteiger partial charge in [0.1, 0.15) is 0 Å². The molecule has 3 rings (SSSR count). The molecular weight excluding hydrogens is 290 g/mol. The van der Waals surface area contributed by atoms with Crippen LogP contribution in [0, 0.1) is 0 Å². The summed E-state index contributed by atoms with van der Waals surface area (Å²) in [6, 6.07) is 9.66. The second kappa shape index (κ2) is 7.19. The van der Waals surface area contributed by atoms with Crippen molar-refractivity contribution >= 4 is 18.3 Å². The zero-order valence-corrected chi connectivity index (χ0v) is 12.4. The Hall–Kier alpha value is -1.92. The molecule has 6 nitrogen and oxygen atoms in total. The van der Waals surface area contributed by atoms with Gasteiger partial charge in [-0.2, -0.15) is 0 Å². The van der Waals surface area contributed by atoms with Crippen molar-refractivity contribution in [3.63, 3.8) is 0 Å². The summed E-state index contributed by atoms with van der Waals surface area (Å²) in [7, 11) is 0. The van der Waals surface area contributed by atoms with E-state index in [9.17, 15) is 4.79 Å². The molecule has 1 aliphatic rings. The van der Waals surface area contributed by atoms with Gasteiger partial charge in [0.25, 0.3) is 5.91 Å². The van der Waals surface area contributed by atoms with Crippen molar-refractivity contribution in [3.8, 4) is 5.69 Å². The third kappa shape index (κ3) is 3.59. The summed E-state index contributed by atoms with van der Waals surface area (Å²) >= 11 is 0. The SMILES string of the molecule is Cl.O=C(c1cn(-c2ccccc2)nn1)N1CCCNCC1. The molecule has 1 aromatic carbocycles. The Kier molecular flexibility index (Phi) is 5.30. The van der Waals surface area contributed by atoms with Crippen LogP contribution in [0.4, 0.5) is 0 Å². The van der Waals surface area contributed by atoms with Crippen LogP contribution in [-0.2, 0) is 0 Å². The molecule has 1 fully saturated rings. The van der Waals surface area contributed by atoms with Gasteiger partial charge in [-0.15, -0.1) is 17.5 Å². The minimum Gasteiger partial charge on any atom is -0.336 e. The molecule has 112 valence electrons. The molecule has 2 aromatic rings. The van der Waals surface area contributed by atoms with Gasteiger partial charge < -0.3 is 10.2 Å². The number of aromatic nitrogens is 3. The molecule has 0 radical (unpaired) electrons. The molecule has 0 aliphatic carbocycles. The Morgan fingerprint density at radius 1 is 1.14 bits per heavy atom. The van der Waals surface area contributed by atoms with Crippen LogP contribution in [0.25, 0.3) is 5.69 Å². The zero-order valence-electron chi connectivity index (χ0n) is 11.6. The molecule has 1 aromatic heterocycles. The van der Waals surface area contributed by atoms with Crippen LogP contribution in [0.2, 0.25) is 0 Å². The number of benzene rings is 1. The maximum atomic E-state index is 12.4. The smallest absolute Gasteiger partial charge is 0.276 e. The van der Waals surface area contributed by atoms with Crippen molar-refractivity contribution in [1.29, 1.82) is 0 Å².